The van der Waals surface area contributed by atoms with Crippen LogP contribution in [0.15, 0.2) is 64.5 Å². The van der Waals surface area contributed by atoms with Crippen LogP contribution in [0.4, 0.5) is 0 Å². The normalized spacial score (nSPS) is 12.8. The monoisotopic (exact) mass is 437 g/mol. The Labute approximate surface area is 188 Å². The molecule has 0 amide bonds. The maximum atomic E-state index is 13.3. The molecule has 0 fully saturated rings. The van der Waals surface area contributed by atoms with E-state index in [1.54, 1.807) is 4.57 Å². The first-order valence-electron chi connectivity index (χ1n) is 10.8. The molecule has 0 aliphatic heterocycles. The number of hydrogen-bond acceptors (Lipinski definition) is 5. The lowest BCUT2D eigenvalue weighted by Crippen LogP contribution is -2.40. The number of ketones is 1. The average molecular weight is 438 g/mol. The molecule has 0 saturated heterocycles. The summed E-state index contributed by atoms with van der Waals surface area (Å²) in [6.07, 6.45) is 0. The van der Waals surface area contributed by atoms with Crippen molar-refractivity contribution in [3.8, 4) is 0 Å². The number of rotatable bonds is 9. The molecule has 0 spiro atoms. The van der Waals surface area contributed by atoms with E-state index >= 15 is 0 Å². The molecule has 0 bridgehead atoms. The van der Waals surface area contributed by atoms with E-state index in [1.807, 2.05) is 61.5 Å². The highest BCUT2D eigenvalue weighted by molar-refractivity contribution is 8.00. The topological polar surface area (TPSA) is 55.2 Å². The van der Waals surface area contributed by atoms with Crippen LogP contribution in [0.1, 0.15) is 45.0 Å². The minimum atomic E-state index is -0.354. The molecule has 1 unspecified atom stereocenters. The number of thioether (sulfide) groups is 1. The average Bonchev–Trinajstić information content (AvgIpc) is 2.75. The Morgan fingerprint density at radius 3 is 2.23 bits per heavy atom. The van der Waals surface area contributed by atoms with Crippen LogP contribution in [-0.4, -0.2) is 44.1 Å². The molecule has 1 atom stereocenters. The van der Waals surface area contributed by atoms with Crippen molar-refractivity contribution in [2.45, 2.75) is 63.7 Å². The van der Waals surface area contributed by atoms with Gasteiger partial charge in [0, 0.05) is 30.7 Å². The minimum Gasteiger partial charge on any atom is -0.297 e. The van der Waals surface area contributed by atoms with Gasteiger partial charge in [0.25, 0.3) is 5.56 Å². The SMILES string of the molecule is CC(Sc1nc2ccccc2c(=O)n1CCN(C(C)C)C(C)C)C(=O)c1ccccc1. The van der Waals surface area contributed by atoms with Crippen LogP contribution in [0.5, 0.6) is 0 Å². The summed E-state index contributed by atoms with van der Waals surface area (Å²) in [5.74, 6) is 0.0329. The first-order chi connectivity index (χ1) is 14.8. The predicted molar refractivity (Wildman–Crippen MR) is 129 cm³/mol. The van der Waals surface area contributed by atoms with E-state index in [-0.39, 0.29) is 16.6 Å². The Bertz CT molecular complexity index is 1080. The van der Waals surface area contributed by atoms with E-state index in [0.29, 0.717) is 40.3 Å². The highest BCUT2D eigenvalue weighted by atomic mass is 32.2. The van der Waals surface area contributed by atoms with Gasteiger partial charge in [-0.1, -0.05) is 54.2 Å². The van der Waals surface area contributed by atoms with Crippen molar-refractivity contribution in [3.05, 3.63) is 70.5 Å². The first kappa shape index (κ1) is 23.2. The zero-order valence-electron chi connectivity index (χ0n) is 18.9. The van der Waals surface area contributed by atoms with Gasteiger partial charge in [-0.15, -0.1) is 0 Å². The molecule has 2 aromatic carbocycles. The van der Waals surface area contributed by atoms with Gasteiger partial charge in [0.1, 0.15) is 0 Å². The van der Waals surface area contributed by atoms with Gasteiger partial charge in [-0.25, -0.2) is 4.98 Å². The van der Waals surface area contributed by atoms with Crippen LogP contribution >= 0.6 is 11.8 Å². The van der Waals surface area contributed by atoms with Crippen molar-refractivity contribution < 1.29 is 4.79 Å². The Hall–Kier alpha value is -2.44. The zero-order valence-corrected chi connectivity index (χ0v) is 19.7. The van der Waals surface area contributed by atoms with Gasteiger partial charge in [-0.2, -0.15) is 0 Å². The third-order valence-electron chi connectivity index (χ3n) is 5.44. The lowest BCUT2D eigenvalue weighted by molar-refractivity contribution is 0.0994. The van der Waals surface area contributed by atoms with Crippen molar-refractivity contribution in [2.75, 3.05) is 6.54 Å². The summed E-state index contributed by atoms with van der Waals surface area (Å²) in [7, 11) is 0. The fourth-order valence-electron chi connectivity index (χ4n) is 3.81. The molecular formula is C25H31N3O2S. The first-order valence-corrected chi connectivity index (χ1v) is 11.7. The molecule has 3 aromatic rings. The maximum Gasteiger partial charge on any atom is 0.262 e. The van der Waals surface area contributed by atoms with Crippen LogP contribution in [0.2, 0.25) is 0 Å². The Balaban J connectivity index is 1.96. The molecule has 6 heteroatoms. The van der Waals surface area contributed by atoms with Crippen LogP contribution in [-0.2, 0) is 6.54 Å². The van der Waals surface area contributed by atoms with Crippen molar-refractivity contribution in [1.29, 1.82) is 0 Å². The number of aromatic nitrogens is 2. The second-order valence-corrected chi connectivity index (χ2v) is 9.59. The van der Waals surface area contributed by atoms with Crippen LogP contribution in [0, 0.1) is 0 Å². The number of carbonyl (C=O) groups is 1. The Morgan fingerprint density at radius 2 is 1.58 bits per heavy atom. The molecule has 3 rings (SSSR count). The molecule has 1 aromatic heterocycles. The number of para-hydroxylation sites is 1. The van der Waals surface area contributed by atoms with Gasteiger partial charge in [-0.05, 0) is 46.8 Å². The molecule has 1 heterocycles. The number of Topliss-reactive ketones (excluding diaryl/α,β-unsaturated/α-hetero) is 1. The predicted octanol–water partition coefficient (Wildman–Crippen LogP) is 4.88. The number of fused-ring (bicyclic) bond motifs is 1. The molecule has 31 heavy (non-hydrogen) atoms. The smallest absolute Gasteiger partial charge is 0.262 e. The molecule has 164 valence electrons. The summed E-state index contributed by atoms with van der Waals surface area (Å²) in [4.78, 5) is 33.4. The largest absolute Gasteiger partial charge is 0.297 e. The molecule has 5 nitrogen and oxygen atoms in total. The van der Waals surface area contributed by atoms with Gasteiger partial charge in [0.2, 0.25) is 0 Å². The summed E-state index contributed by atoms with van der Waals surface area (Å²) in [5, 5.41) is 0.843. The number of hydrogen-bond donors (Lipinski definition) is 0. The van der Waals surface area contributed by atoms with E-state index in [1.165, 1.54) is 11.8 Å². The molecular weight excluding hydrogens is 406 g/mol. The summed E-state index contributed by atoms with van der Waals surface area (Å²) in [6, 6.07) is 17.4. The molecule has 0 aliphatic carbocycles. The number of carbonyl (C=O) groups excluding carboxylic acids is 1. The summed E-state index contributed by atoms with van der Waals surface area (Å²) < 4.78 is 1.74. The number of nitrogens with zero attached hydrogens (tertiary/aromatic N) is 3. The standard InChI is InChI=1S/C25H31N3O2S/c1-17(2)27(18(3)4)15-16-28-24(30)21-13-9-10-14-22(21)26-25(28)31-19(5)23(29)20-11-7-6-8-12-20/h6-14,17-19H,15-16H2,1-5H3. The quantitative estimate of drug-likeness (QED) is 0.271. The van der Waals surface area contributed by atoms with E-state index in [2.05, 4.69) is 32.6 Å². The fraction of sp³-hybridized carbons (Fsp3) is 0.400. The van der Waals surface area contributed by atoms with Crippen molar-refractivity contribution in [1.82, 2.24) is 14.5 Å². The van der Waals surface area contributed by atoms with Gasteiger partial charge in [0.15, 0.2) is 10.9 Å². The van der Waals surface area contributed by atoms with Crippen LogP contribution in [0.3, 0.4) is 0 Å². The summed E-state index contributed by atoms with van der Waals surface area (Å²) in [5.41, 5.74) is 1.28. The van der Waals surface area contributed by atoms with Gasteiger partial charge in [-0.3, -0.25) is 19.1 Å². The highest BCUT2D eigenvalue weighted by Gasteiger charge is 2.21. The van der Waals surface area contributed by atoms with Gasteiger partial charge < -0.3 is 0 Å². The second kappa shape index (κ2) is 10.2. The molecule has 0 radical (unpaired) electrons. The third-order valence-corrected chi connectivity index (χ3v) is 6.53. The highest BCUT2D eigenvalue weighted by Crippen LogP contribution is 2.25. The lowest BCUT2D eigenvalue weighted by Gasteiger charge is -2.31. The summed E-state index contributed by atoms with van der Waals surface area (Å²) >= 11 is 1.35. The minimum absolute atomic E-state index is 0.0329. The van der Waals surface area contributed by atoms with E-state index in [0.717, 1.165) is 6.54 Å². The zero-order chi connectivity index (χ0) is 22.5. The van der Waals surface area contributed by atoms with Crippen LogP contribution in [0.25, 0.3) is 10.9 Å². The summed E-state index contributed by atoms with van der Waals surface area (Å²) in [6.45, 7) is 11.8. The van der Waals surface area contributed by atoms with E-state index in [9.17, 15) is 9.59 Å². The van der Waals surface area contributed by atoms with Crippen molar-refractivity contribution in [2.24, 2.45) is 0 Å². The molecule has 0 saturated carbocycles. The second-order valence-electron chi connectivity index (χ2n) is 8.28. The maximum absolute atomic E-state index is 13.3. The lowest BCUT2D eigenvalue weighted by atomic mass is 10.1. The van der Waals surface area contributed by atoms with Crippen molar-refractivity contribution >= 4 is 28.4 Å². The molecule has 0 aliphatic rings. The van der Waals surface area contributed by atoms with Crippen molar-refractivity contribution in [3.63, 3.8) is 0 Å². The Kier molecular flexibility index (Phi) is 7.68. The fourth-order valence-corrected chi connectivity index (χ4v) is 4.82. The molecule has 0 N–H and O–H groups in total. The van der Waals surface area contributed by atoms with Gasteiger partial charge in [0.05, 0.1) is 16.2 Å². The van der Waals surface area contributed by atoms with Gasteiger partial charge >= 0.3 is 0 Å². The Morgan fingerprint density at radius 1 is 0.968 bits per heavy atom. The number of benzene rings is 2. The van der Waals surface area contributed by atoms with E-state index < -0.39 is 0 Å². The van der Waals surface area contributed by atoms with E-state index in [4.69, 9.17) is 4.98 Å². The van der Waals surface area contributed by atoms with Crippen LogP contribution < -0.4 is 5.56 Å². The third kappa shape index (κ3) is 5.43.